The van der Waals surface area contributed by atoms with Crippen molar-refractivity contribution in [2.45, 2.75) is 11.9 Å². The van der Waals surface area contributed by atoms with Crippen molar-refractivity contribution in [2.75, 3.05) is 12.9 Å². The van der Waals surface area contributed by atoms with Gasteiger partial charge in [0.2, 0.25) is 5.91 Å². The summed E-state index contributed by atoms with van der Waals surface area (Å²) in [5.74, 6) is 1.54. The van der Waals surface area contributed by atoms with Crippen LogP contribution < -0.4 is 4.74 Å². The number of nitrogens with zero attached hydrogens (tertiary/aromatic N) is 2. The molecule has 132 valence electrons. The molecule has 0 aliphatic carbocycles. The molecule has 5 heteroatoms. The summed E-state index contributed by atoms with van der Waals surface area (Å²) >= 11 is 1.68. The summed E-state index contributed by atoms with van der Waals surface area (Å²) in [7, 11) is 1.68. The van der Waals surface area contributed by atoms with E-state index in [1.54, 1.807) is 18.9 Å². The second-order valence-electron chi connectivity index (χ2n) is 6.19. The van der Waals surface area contributed by atoms with Crippen molar-refractivity contribution < 1.29 is 9.53 Å². The van der Waals surface area contributed by atoms with Crippen LogP contribution in [0.3, 0.4) is 0 Å². The average molecular weight is 364 g/mol. The van der Waals surface area contributed by atoms with Gasteiger partial charge in [0.05, 0.1) is 18.6 Å². The van der Waals surface area contributed by atoms with Gasteiger partial charge in [0, 0.05) is 24.5 Å². The zero-order chi connectivity index (χ0) is 17.9. The van der Waals surface area contributed by atoms with Crippen molar-refractivity contribution in [3.63, 3.8) is 0 Å². The van der Waals surface area contributed by atoms with E-state index in [1.807, 2.05) is 53.6 Å². The standard InChI is InChI=1S/C21H20N2O2S/c1-25-19-10-6-5-9-18(19)22-12-11-17(14-22)21-23(20(24)15-26-21)13-16-7-3-2-4-8-16/h2-12,14,21H,13,15H2,1H3/t21-/m0/s1. The topological polar surface area (TPSA) is 34.5 Å². The summed E-state index contributed by atoms with van der Waals surface area (Å²) < 4.78 is 7.51. The largest absolute Gasteiger partial charge is 0.495 e. The first-order valence-electron chi connectivity index (χ1n) is 8.52. The molecule has 1 atom stereocenters. The fraction of sp³-hybridized carbons (Fsp3) is 0.190. The lowest BCUT2D eigenvalue weighted by Gasteiger charge is -2.23. The zero-order valence-corrected chi connectivity index (χ0v) is 15.4. The van der Waals surface area contributed by atoms with Gasteiger partial charge in [0.15, 0.2) is 0 Å². The molecule has 26 heavy (non-hydrogen) atoms. The van der Waals surface area contributed by atoms with Crippen molar-refractivity contribution in [3.8, 4) is 11.4 Å². The maximum atomic E-state index is 12.4. The van der Waals surface area contributed by atoms with Gasteiger partial charge >= 0.3 is 0 Å². The first kappa shape index (κ1) is 16.8. The number of benzene rings is 2. The maximum Gasteiger partial charge on any atom is 0.234 e. The average Bonchev–Trinajstić information content (AvgIpc) is 3.30. The van der Waals surface area contributed by atoms with Crippen molar-refractivity contribution >= 4 is 17.7 Å². The molecule has 0 N–H and O–H groups in total. The number of hydrogen-bond acceptors (Lipinski definition) is 3. The van der Waals surface area contributed by atoms with Gasteiger partial charge in [-0.15, -0.1) is 11.8 Å². The summed E-state index contributed by atoms with van der Waals surface area (Å²) in [5.41, 5.74) is 3.27. The second kappa shape index (κ2) is 7.30. The fourth-order valence-electron chi connectivity index (χ4n) is 3.23. The molecule has 1 aliphatic heterocycles. The van der Waals surface area contributed by atoms with E-state index in [1.165, 1.54) is 0 Å². The van der Waals surface area contributed by atoms with E-state index in [-0.39, 0.29) is 11.3 Å². The van der Waals surface area contributed by atoms with Gasteiger partial charge < -0.3 is 14.2 Å². The van der Waals surface area contributed by atoms with Crippen LogP contribution in [0.25, 0.3) is 5.69 Å². The normalized spacial score (nSPS) is 16.9. The van der Waals surface area contributed by atoms with E-state index in [0.29, 0.717) is 12.3 Å². The molecule has 1 saturated heterocycles. The van der Waals surface area contributed by atoms with Crippen LogP contribution >= 0.6 is 11.8 Å². The van der Waals surface area contributed by atoms with Gasteiger partial charge in [-0.05, 0) is 23.8 Å². The Morgan fingerprint density at radius 2 is 1.85 bits per heavy atom. The Hall–Kier alpha value is -2.66. The summed E-state index contributed by atoms with van der Waals surface area (Å²) in [4.78, 5) is 14.4. The first-order valence-corrected chi connectivity index (χ1v) is 9.57. The molecule has 0 spiro atoms. The highest BCUT2D eigenvalue weighted by atomic mass is 32.2. The van der Waals surface area contributed by atoms with Crippen molar-refractivity contribution in [1.82, 2.24) is 9.47 Å². The molecule has 2 heterocycles. The molecule has 0 radical (unpaired) electrons. The predicted molar refractivity (Wildman–Crippen MR) is 105 cm³/mol. The molecule has 1 amide bonds. The molecule has 0 bridgehead atoms. The lowest BCUT2D eigenvalue weighted by Crippen LogP contribution is -2.27. The van der Waals surface area contributed by atoms with E-state index in [2.05, 4.69) is 29.0 Å². The number of para-hydroxylation sites is 2. The number of ether oxygens (including phenoxy) is 1. The van der Waals surface area contributed by atoms with Crippen molar-refractivity contribution in [3.05, 3.63) is 84.2 Å². The summed E-state index contributed by atoms with van der Waals surface area (Å²) in [5, 5.41) is 0.0404. The van der Waals surface area contributed by atoms with Crippen LogP contribution in [0.15, 0.2) is 73.1 Å². The van der Waals surface area contributed by atoms with Crippen LogP contribution in [0.1, 0.15) is 16.5 Å². The number of amides is 1. The van der Waals surface area contributed by atoms with E-state index in [0.717, 1.165) is 22.6 Å². The van der Waals surface area contributed by atoms with Crippen LogP contribution in [0.4, 0.5) is 0 Å². The lowest BCUT2D eigenvalue weighted by molar-refractivity contribution is -0.128. The van der Waals surface area contributed by atoms with Crippen LogP contribution in [0, 0.1) is 0 Å². The van der Waals surface area contributed by atoms with Crippen LogP contribution in [0.2, 0.25) is 0 Å². The van der Waals surface area contributed by atoms with Crippen LogP contribution in [-0.2, 0) is 11.3 Å². The smallest absolute Gasteiger partial charge is 0.234 e. The molecule has 2 aromatic carbocycles. The van der Waals surface area contributed by atoms with E-state index in [9.17, 15) is 4.79 Å². The first-order chi connectivity index (χ1) is 12.8. The third-order valence-corrected chi connectivity index (χ3v) is 5.78. The molecule has 1 aliphatic rings. The molecule has 1 aromatic heterocycles. The quantitative estimate of drug-likeness (QED) is 0.678. The van der Waals surface area contributed by atoms with E-state index >= 15 is 0 Å². The fourth-order valence-corrected chi connectivity index (χ4v) is 4.40. The van der Waals surface area contributed by atoms with Gasteiger partial charge in [-0.1, -0.05) is 42.5 Å². The van der Waals surface area contributed by atoms with E-state index in [4.69, 9.17) is 4.74 Å². The highest BCUT2D eigenvalue weighted by Gasteiger charge is 2.33. The Labute approximate surface area is 157 Å². The highest BCUT2D eigenvalue weighted by molar-refractivity contribution is 8.00. The van der Waals surface area contributed by atoms with Crippen molar-refractivity contribution in [2.24, 2.45) is 0 Å². The number of thioether (sulfide) groups is 1. The summed E-state index contributed by atoms with van der Waals surface area (Å²) in [6.07, 6.45) is 4.11. The molecular formula is C21H20N2O2S. The number of carbonyl (C=O) groups is 1. The number of hydrogen-bond donors (Lipinski definition) is 0. The third-order valence-electron chi connectivity index (χ3n) is 4.53. The molecule has 3 aromatic rings. The van der Waals surface area contributed by atoms with Gasteiger partial charge in [0.1, 0.15) is 11.1 Å². The Balaban J connectivity index is 1.61. The van der Waals surface area contributed by atoms with E-state index < -0.39 is 0 Å². The second-order valence-corrected chi connectivity index (χ2v) is 7.26. The number of rotatable bonds is 5. The zero-order valence-electron chi connectivity index (χ0n) is 14.5. The Morgan fingerprint density at radius 1 is 1.08 bits per heavy atom. The third kappa shape index (κ3) is 3.22. The molecule has 0 saturated carbocycles. The number of carbonyl (C=O) groups excluding carboxylic acids is 1. The predicted octanol–water partition coefficient (Wildman–Crippen LogP) is 4.26. The summed E-state index contributed by atoms with van der Waals surface area (Å²) in [6.45, 7) is 0.636. The van der Waals surface area contributed by atoms with Gasteiger partial charge in [0.25, 0.3) is 0 Å². The number of aromatic nitrogens is 1. The van der Waals surface area contributed by atoms with Crippen molar-refractivity contribution in [1.29, 1.82) is 0 Å². The highest BCUT2D eigenvalue weighted by Crippen LogP contribution is 2.40. The summed E-state index contributed by atoms with van der Waals surface area (Å²) in [6, 6.07) is 20.2. The Kier molecular flexibility index (Phi) is 4.71. The molecular weight excluding hydrogens is 344 g/mol. The maximum absolute atomic E-state index is 12.4. The molecule has 1 fully saturated rings. The minimum atomic E-state index is 0.0404. The monoisotopic (exact) mass is 364 g/mol. The van der Waals surface area contributed by atoms with Crippen LogP contribution in [-0.4, -0.2) is 28.2 Å². The lowest BCUT2D eigenvalue weighted by atomic mass is 10.2. The van der Waals surface area contributed by atoms with Gasteiger partial charge in [-0.3, -0.25) is 4.79 Å². The molecule has 4 nitrogen and oxygen atoms in total. The number of methoxy groups -OCH3 is 1. The Bertz CT molecular complexity index is 907. The molecule has 0 unspecified atom stereocenters. The Morgan fingerprint density at radius 3 is 2.65 bits per heavy atom. The minimum absolute atomic E-state index is 0.0404. The minimum Gasteiger partial charge on any atom is -0.495 e. The molecule has 4 rings (SSSR count). The van der Waals surface area contributed by atoms with Crippen LogP contribution in [0.5, 0.6) is 5.75 Å². The van der Waals surface area contributed by atoms with Gasteiger partial charge in [-0.2, -0.15) is 0 Å². The van der Waals surface area contributed by atoms with Gasteiger partial charge in [-0.25, -0.2) is 0 Å². The SMILES string of the molecule is COc1ccccc1-n1ccc([C@@H]2SCC(=O)N2Cc2ccccc2)c1.